The van der Waals surface area contributed by atoms with Crippen molar-refractivity contribution < 1.29 is 0 Å². The molecule has 0 spiro atoms. The molecule has 18 heavy (non-hydrogen) atoms. The fraction of sp³-hybridized carbons (Fsp3) is 0.692. The van der Waals surface area contributed by atoms with Crippen LogP contribution in [0.5, 0.6) is 0 Å². The van der Waals surface area contributed by atoms with Crippen LogP contribution in [0, 0.1) is 5.92 Å². The number of aromatic nitrogens is 2. The maximum absolute atomic E-state index is 4.33. The van der Waals surface area contributed by atoms with Crippen LogP contribution in [0.4, 0.5) is 11.6 Å². The van der Waals surface area contributed by atoms with Gasteiger partial charge in [0.15, 0.2) is 0 Å². The number of anilines is 2. The number of rotatable bonds is 6. The van der Waals surface area contributed by atoms with Gasteiger partial charge in [0.05, 0.1) is 6.04 Å². The number of hydrogen-bond donors (Lipinski definition) is 2. The van der Waals surface area contributed by atoms with Gasteiger partial charge in [-0.1, -0.05) is 13.8 Å². The third-order valence-electron chi connectivity index (χ3n) is 3.22. The molecule has 0 amide bonds. The van der Waals surface area contributed by atoms with Gasteiger partial charge in [-0.2, -0.15) is 0 Å². The SMILES string of the molecule is CC(C)CCN(C)c1cc(NC2CNC2)ncn1. The molecule has 2 rings (SSSR count). The molecule has 1 aliphatic rings. The van der Waals surface area contributed by atoms with Gasteiger partial charge >= 0.3 is 0 Å². The first-order chi connectivity index (χ1) is 8.65. The van der Waals surface area contributed by atoms with Gasteiger partial charge in [-0.25, -0.2) is 9.97 Å². The van der Waals surface area contributed by atoms with E-state index >= 15 is 0 Å². The van der Waals surface area contributed by atoms with Crippen LogP contribution in [-0.4, -0.2) is 42.7 Å². The molecule has 100 valence electrons. The van der Waals surface area contributed by atoms with E-state index in [-0.39, 0.29) is 0 Å². The Bertz CT molecular complexity index is 375. The highest BCUT2D eigenvalue weighted by Crippen LogP contribution is 2.15. The Morgan fingerprint density at radius 3 is 2.83 bits per heavy atom. The van der Waals surface area contributed by atoms with Crippen molar-refractivity contribution in [2.45, 2.75) is 26.3 Å². The highest BCUT2D eigenvalue weighted by atomic mass is 15.2. The molecule has 1 aromatic rings. The minimum atomic E-state index is 0.508. The second kappa shape index (κ2) is 6.00. The lowest BCUT2D eigenvalue weighted by Gasteiger charge is -2.28. The molecule has 2 heterocycles. The van der Waals surface area contributed by atoms with E-state index in [2.05, 4.69) is 46.4 Å². The van der Waals surface area contributed by atoms with Crippen molar-refractivity contribution in [2.75, 3.05) is 36.9 Å². The van der Waals surface area contributed by atoms with E-state index in [0.717, 1.165) is 31.3 Å². The summed E-state index contributed by atoms with van der Waals surface area (Å²) in [5, 5.41) is 6.63. The summed E-state index contributed by atoms with van der Waals surface area (Å²) < 4.78 is 0. The summed E-state index contributed by atoms with van der Waals surface area (Å²) in [6.45, 7) is 7.54. The zero-order valence-electron chi connectivity index (χ0n) is 11.5. The predicted octanol–water partition coefficient (Wildman–Crippen LogP) is 1.34. The normalized spacial score (nSPS) is 15.6. The van der Waals surface area contributed by atoms with Crippen molar-refractivity contribution in [2.24, 2.45) is 5.92 Å². The predicted molar refractivity (Wildman–Crippen MR) is 75.0 cm³/mol. The fourth-order valence-corrected chi connectivity index (χ4v) is 1.80. The van der Waals surface area contributed by atoms with Gasteiger partial charge in [0, 0.05) is 32.7 Å². The van der Waals surface area contributed by atoms with Crippen LogP contribution in [0.3, 0.4) is 0 Å². The van der Waals surface area contributed by atoms with E-state index in [1.165, 1.54) is 6.42 Å². The first-order valence-electron chi connectivity index (χ1n) is 6.65. The molecule has 0 atom stereocenters. The summed E-state index contributed by atoms with van der Waals surface area (Å²) in [5.41, 5.74) is 0. The molecule has 5 nitrogen and oxygen atoms in total. The van der Waals surface area contributed by atoms with Crippen LogP contribution in [0.1, 0.15) is 20.3 Å². The third kappa shape index (κ3) is 3.57. The molecule has 0 aromatic carbocycles. The number of nitrogens with zero attached hydrogens (tertiary/aromatic N) is 3. The molecule has 0 saturated carbocycles. The molecule has 0 bridgehead atoms. The van der Waals surface area contributed by atoms with Crippen molar-refractivity contribution in [1.82, 2.24) is 15.3 Å². The lowest BCUT2D eigenvalue weighted by Crippen LogP contribution is -2.51. The van der Waals surface area contributed by atoms with E-state index in [0.29, 0.717) is 12.0 Å². The third-order valence-corrected chi connectivity index (χ3v) is 3.22. The minimum Gasteiger partial charge on any atom is -0.365 e. The maximum Gasteiger partial charge on any atom is 0.133 e. The van der Waals surface area contributed by atoms with Gasteiger partial charge in [0.25, 0.3) is 0 Å². The lowest BCUT2D eigenvalue weighted by atomic mass is 10.1. The van der Waals surface area contributed by atoms with E-state index in [4.69, 9.17) is 0 Å². The molecular formula is C13H23N5. The van der Waals surface area contributed by atoms with Gasteiger partial charge in [0.2, 0.25) is 0 Å². The monoisotopic (exact) mass is 249 g/mol. The Balaban J connectivity index is 1.92. The zero-order valence-corrected chi connectivity index (χ0v) is 11.5. The molecule has 1 aromatic heterocycles. The van der Waals surface area contributed by atoms with Gasteiger partial charge in [-0.15, -0.1) is 0 Å². The van der Waals surface area contributed by atoms with Gasteiger partial charge in [0.1, 0.15) is 18.0 Å². The molecule has 1 aliphatic heterocycles. The highest BCUT2D eigenvalue weighted by molar-refractivity contribution is 5.48. The first-order valence-corrected chi connectivity index (χ1v) is 6.65. The van der Waals surface area contributed by atoms with E-state index in [1.54, 1.807) is 6.33 Å². The summed E-state index contributed by atoms with van der Waals surface area (Å²) in [6.07, 6.45) is 2.81. The summed E-state index contributed by atoms with van der Waals surface area (Å²) in [4.78, 5) is 10.8. The first kappa shape index (κ1) is 13.1. The van der Waals surface area contributed by atoms with Crippen molar-refractivity contribution in [3.05, 3.63) is 12.4 Å². The summed E-state index contributed by atoms with van der Waals surface area (Å²) in [6, 6.07) is 2.53. The summed E-state index contributed by atoms with van der Waals surface area (Å²) >= 11 is 0. The topological polar surface area (TPSA) is 53.1 Å². The molecule has 1 fully saturated rings. The van der Waals surface area contributed by atoms with E-state index in [1.807, 2.05) is 6.07 Å². The lowest BCUT2D eigenvalue weighted by molar-refractivity contribution is 0.471. The van der Waals surface area contributed by atoms with Crippen LogP contribution in [0.15, 0.2) is 12.4 Å². The van der Waals surface area contributed by atoms with Crippen LogP contribution in [0.2, 0.25) is 0 Å². The van der Waals surface area contributed by atoms with Crippen molar-refractivity contribution >= 4 is 11.6 Å². The van der Waals surface area contributed by atoms with Crippen LogP contribution in [0.25, 0.3) is 0 Å². The average molecular weight is 249 g/mol. The number of hydrogen-bond acceptors (Lipinski definition) is 5. The minimum absolute atomic E-state index is 0.508. The number of nitrogens with one attached hydrogen (secondary N) is 2. The molecule has 0 aliphatic carbocycles. The molecular weight excluding hydrogens is 226 g/mol. The maximum atomic E-state index is 4.33. The van der Waals surface area contributed by atoms with Gasteiger partial charge < -0.3 is 15.5 Å². The molecule has 0 radical (unpaired) electrons. The van der Waals surface area contributed by atoms with Crippen molar-refractivity contribution in [1.29, 1.82) is 0 Å². The van der Waals surface area contributed by atoms with Crippen LogP contribution in [-0.2, 0) is 0 Å². The quantitative estimate of drug-likeness (QED) is 0.797. The zero-order chi connectivity index (χ0) is 13.0. The molecule has 5 heteroatoms. The Kier molecular flexibility index (Phi) is 4.36. The standard InChI is InChI=1S/C13H23N5/c1-10(2)4-5-18(3)13-6-12(15-9-16-13)17-11-7-14-8-11/h6,9-11,14H,4-5,7-8H2,1-3H3,(H,15,16,17). The smallest absolute Gasteiger partial charge is 0.133 e. The highest BCUT2D eigenvalue weighted by Gasteiger charge is 2.16. The van der Waals surface area contributed by atoms with Crippen molar-refractivity contribution in [3.8, 4) is 0 Å². The summed E-state index contributed by atoms with van der Waals surface area (Å²) in [7, 11) is 2.08. The van der Waals surface area contributed by atoms with Crippen LogP contribution < -0.4 is 15.5 Å². The summed E-state index contributed by atoms with van der Waals surface area (Å²) in [5.74, 6) is 2.62. The van der Waals surface area contributed by atoms with Crippen molar-refractivity contribution in [3.63, 3.8) is 0 Å². The van der Waals surface area contributed by atoms with E-state index in [9.17, 15) is 0 Å². The average Bonchev–Trinajstić information content (AvgIpc) is 2.31. The van der Waals surface area contributed by atoms with E-state index < -0.39 is 0 Å². The Labute approximate surface area is 109 Å². The fourth-order valence-electron chi connectivity index (χ4n) is 1.80. The molecule has 2 N–H and O–H groups in total. The largest absolute Gasteiger partial charge is 0.365 e. The van der Waals surface area contributed by atoms with Crippen LogP contribution >= 0.6 is 0 Å². The second-order valence-electron chi connectivity index (χ2n) is 5.37. The van der Waals surface area contributed by atoms with Gasteiger partial charge in [-0.3, -0.25) is 0 Å². The Hall–Kier alpha value is -1.36. The Morgan fingerprint density at radius 2 is 2.22 bits per heavy atom. The molecule has 0 unspecified atom stereocenters. The second-order valence-corrected chi connectivity index (χ2v) is 5.37. The molecule has 1 saturated heterocycles. The Morgan fingerprint density at radius 1 is 1.44 bits per heavy atom. The van der Waals surface area contributed by atoms with Gasteiger partial charge in [-0.05, 0) is 12.3 Å².